The average Bonchev–Trinajstić information content (AvgIpc) is 2.98. The molecule has 3 nitrogen and oxygen atoms in total. The van der Waals surface area contributed by atoms with Gasteiger partial charge >= 0.3 is 0 Å². The molecule has 4 fully saturated rings. The zero-order chi connectivity index (χ0) is 21.3. The number of aliphatic hydroxyl groups is 2. The molecule has 1 aliphatic heterocycles. The molecule has 5 aliphatic rings. The number of piperidine rings is 1. The fourth-order valence-corrected chi connectivity index (χ4v) is 9.36. The fraction of sp³-hybridized carbons (Fsp3) is 0.926. The van der Waals surface area contributed by atoms with E-state index in [-0.39, 0.29) is 17.6 Å². The van der Waals surface area contributed by atoms with Crippen LogP contribution in [0.3, 0.4) is 0 Å². The summed E-state index contributed by atoms with van der Waals surface area (Å²) in [5.41, 5.74) is 2.12. The normalized spacial score (nSPS) is 54.5. The highest BCUT2D eigenvalue weighted by Crippen LogP contribution is 2.67. The van der Waals surface area contributed by atoms with E-state index in [9.17, 15) is 10.2 Å². The molecule has 1 heterocycles. The first-order chi connectivity index (χ1) is 14.2. The van der Waals surface area contributed by atoms with Crippen LogP contribution in [0.2, 0.25) is 0 Å². The molecule has 11 atom stereocenters. The van der Waals surface area contributed by atoms with Crippen molar-refractivity contribution in [1.82, 2.24) is 5.32 Å². The summed E-state index contributed by atoms with van der Waals surface area (Å²) in [4.78, 5) is 0. The molecule has 0 unspecified atom stereocenters. The number of aliphatic hydroxyl groups excluding tert-OH is 2. The highest BCUT2D eigenvalue weighted by Gasteiger charge is 2.62. The number of fused-ring (bicyclic) bond motifs is 5. The number of hydrogen-bond acceptors (Lipinski definition) is 3. The maximum atomic E-state index is 11.4. The second-order valence-electron chi connectivity index (χ2n) is 12.6. The van der Waals surface area contributed by atoms with Crippen molar-refractivity contribution in [3.05, 3.63) is 11.6 Å². The van der Waals surface area contributed by atoms with Crippen LogP contribution in [0, 0.1) is 46.3 Å². The van der Waals surface area contributed by atoms with Gasteiger partial charge in [-0.3, -0.25) is 0 Å². The van der Waals surface area contributed by atoms with Crippen molar-refractivity contribution in [2.45, 2.75) is 104 Å². The van der Waals surface area contributed by atoms with Gasteiger partial charge in [0, 0.05) is 6.04 Å². The zero-order valence-electron chi connectivity index (χ0n) is 19.7. The number of rotatable bonds is 2. The second kappa shape index (κ2) is 7.59. The van der Waals surface area contributed by atoms with Crippen molar-refractivity contribution < 1.29 is 10.2 Å². The van der Waals surface area contributed by atoms with Crippen LogP contribution in [-0.2, 0) is 0 Å². The first kappa shape index (κ1) is 21.5. The maximum Gasteiger partial charge on any atom is 0.0579 e. The molecular weight excluding hydrogens is 370 g/mol. The van der Waals surface area contributed by atoms with Crippen LogP contribution in [0.1, 0.15) is 85.5 Å². The number of nitrogens with one attached hydrogen (secondary N) is 1. The van der Waals surface area contributed by atoms with Crippen molar-refractivity contribution >= 4 is 0 Å². The van der Waals surface area contributed by atoms with E-state index in [1.807, 2.05) is 0 Å². The third-order valence-corrected chi connectivity index (χ3v) is 11.1. The third-order valence-electron chi connectivity index (χ3n) is 11.1. The van der Waals surface area contributed by atoms with Gasteiger partial charge in [0.25, 0.3) is 0 Å². The molecule has 0 amide bonds. The number of allylic oxidation sites excluding steroid dienone is 1. The molecule has 4 aliphatic carbocycles. The molecule has 3 N–H and O–H groups in total. The SMILES string of the molecule is C[C@H]1CC[C@H]([C@@H](C)[C@H]2[C@H](O)C[C@H]3[C@@H]4CC=C5C[C@H](O)CC[C@]5(C)[C@H]4CC[C@]23C)NC1. The van der Waals surface area contributed by atoms with E-state index < -0.39 is 0 Å². The van der Waals surface area contributed by atoms with Gasteiger partial charge in [-0.25, -0.2) is 0 Å². The minimum Gasteiger partial charge on any atom is -0.393 e. The van der Waals surface area contributed by atoms with Gasteiger partial charge in [0.05, 0.1) is 12.2 Å². The Balaban J connectivity index is 1.39. The van der Waals surface area contributed by atoms with Crippen LogP contribution < -0.4 is 5.32 Å². The average molecular weight is 416 g/mol. The molecule has 0 aromatic heterocycles. The Morgan fingerprint density at radius 3 is 2.60 bits per heavy atom. The monoisotopic (exact) mass is 415 g/mol. The van der Waals surface area contributed by atoms with Crippen molar-refractivity contribution in [2.24, 2.45) is 46.3 Å². The van der Waals surface area contributed by atoms with Gasteiger partial charge in [0.1, 0.15) is 0 Å². The minimum absolute atomic E-state index is 0.126. The van der Waals surface area contributed by atoms with E-state index in [2.05, 4.69) is 39.1 Å². The van der Waals surface area contributed by atoms with Gasteiger partial charge < -0.3 is 15.5 Å². The molecule has 0 radical (unpaired) electrons. The lowest BCUT2D eigenvalue weighted by molar-refractivity contribution is -0.0655. The molecule has 30 heavy (non-hydrogen) atoms. The molecule has 170 valence electrons. The van der Waals surface area contributed by atoms with Crippen molar-refractivity contribution in [3.63, 3.8) is 0 Å². The van der Waals surface area contributed by atoms with E-state index in [1.165, 1.54) is 32.1 Å². The fourth-order valence-electron chi connectivity index (χ4n) is 9.36. The maximum absolute atomic E-state index is 11.4. The second-order valence-corrected chi connectivity index (χ2v) is 12.6. The highest BCUT2D eigenvalue weighted by atomic mass is 16.3. The Labute approximate surface area is 184 Å². The standard InChI is InChI=1S/C27H45NO2/c1-16-5-8-23(28-15-16)17(2)25-24(30)14-22-20-7-6-18-13-19(29)9-11-26(18,3)21(20)10-12-27(22,25)4/h6,16-17,19-25,28-30H,5,7-15H2,1-4H3/t16-,17+,19+,20+,21-,22-,23+,24+,25-,26-,27-/m0/s1. The quantitative estimate of drug-likeness (QED) is 0.561. The Hall–Kier alpha value is -0.380. The lowest BCUT2D eigenvalue weighted by Crippen LogP contribution is -2.53. The highest BCUT2D eigenvalue weighted by molar-refractivity contribution is 5.25. The van der Waals surface area contributed by atoms with Gasteiger partial charge in [-0.2, -0.15) is 0 Å². The van der Waals surface area contributed by atoms with Gasteiger partial charge in [0.15, 0.2) is 0 Å². The van der Waals surface area contributed by atoms with Crippen LogP contribution in [0.4, 0.5) is 0 Å². The van der Waals surface area contributed by atoms with Crippen LogP contribution in [0.25, 0.3) is 0 Å². The van der Waals surface area contributed by atoms with Crippen molar-refractivity contribution in [2.75, 3.05) is 6.54 Å². The third kappa shape index (κ3) is 3.17. The summed E-state index contributed by atoms with van der Waals surface area (Å²) in [6, 6.07) is 0.573. The zero-order valence-corrected chi connectivity index (χ0v) is 19.7. The van der Waals surface area contributed by atoms with E-state index >= 15 is 0 Å². The van der Waals surface area contributed by atoms with Crippen LogP contribution in [-0.4, -0.2) is 35.0 Å². The summed E-state index contributed by atoms with van der Waals surface area (Å²) in [7, 11) is 0. The van der Waals surface area contributed by atoms with Gasteiger partial charge in [-0.15, -0.1) is 0 Å². The van der Waals surface area contributed by atoms with Gasteiger partial charge in [-0.05, 0) is 111 Å². The summed E-state index contributed by atoms with van der Waals surface area (Å²) in [6.07, 6.45) is 12.6. The number of hydrogen-bond donors (Lipinski definition) is 3. The van der Waals surface area contributed by atoms with Gasteiger partial charge in [0.2, 0.25) is 0 Å². The molecule has 0 aromatic rings. The molecular formula is C27H45NO2. The summed E-state index contributed by atoms with van der Waals surface area (Å²) in [6.45, 7) is 11.0. The minimum atomic E-state index is -0.138. The van der Waals surface area contributed by atoms with Crippen LogP contribution >= 0.6 is 0 Å². The lowest BCUT2D eigenvalue weighted by Gasteiger charge is -2.58. The smallest absolute Gasteiger partial charge is 0.0579 e. The molecule has 3 heteroatoms. The molecule has 0 aromatic carbocycles. The Kier molecular flexibility index (Phi) is 5.43. The van der Waals surface area contributed by atoms with Crippen LogP contribution in [0.15, 0.2) is 11.6 Å². The largest absolute Gasteiger partial charge is 0.393 e. The Bertz CT molecular complexity index is 682. The lowest BCUT2D eigenvalue weighted by atomic mass is 9.47. The molecule has 5 rings (SSSR count). The molecule has 1 saturated heterocycles. The van der Waals surface area contributed by atoms with Crippen LogP contribution in [0.5, 0.6) is 0 Å². The van der Waals surface area contributed by atoms with E-state index in [1.54, 1.807) is 5.57 Å². The van der Waals surface area contributed by atoms with Gasteiger partial charge in [-0.1, -0.05) is 39.3 Å². The first-order valence-corrected chi connectivity index (χ1v) is 13.0. The summed E-state index contributed by atoms with van der Waals surface area (Å²) in [5, 5.41) is 25.5. The summed E-state index contributed by atoms with van der Waals surface area (Å²) >= 11 is 0. The van der Waals surface area contributed by atoms with E-state index in [0.717, 1.165) is 50.0 Å². The predicted octanol–water partition coefficient (Wildman–Crippen LogP) is 4.92. The molecule has 0 spiro atoms. The topological polar surface area (TPSA) is 52.5 Å². The first-order valence-electron chi connectivity index (χ1n) is 13.0. The van der Waals surface area contributed by atoms with E-state index in [0.29, 0.717) is 29.2 Å². The predicted molar refractivity (Wildman–Crippen MR) is 122 cm³/mol. The summed E-state index contributed by atoms with van der Waals surface area (Å²) in [5.74, 6) is 3.90. The Morgan fingerprint density at radius 1 is 1.07 bits per heavy atom. The van der Waals surface area contributed by atoms with Crippen molar-refractivity contribution in [1.29, 1.82) is 0 Å². The van der Waals surface area contributed by atoms with E-state index in [4.69, 9.17) is 0 Å². The summed E-state index contributed by atoms with van der Waals surface area (Å²) < 4.78 is 0. The Morgan fingerprint density at radius 2 is 1.87 bits per heavy atom. The molecule has 3 saturated carbocycles. The van der Waals surface area contributed by atoms with Crippen molar-refractivity contribution in [3.8, 4) is 0 Å². The molecule has 0 bridgehead atoms.